The summed E-state index contributed by atoms with van der Waals surface area (Å²) in [4.78, 5) is 16.3. The molecule has 1 N–H and O–H groups in total. The van der Waals surface area contributed by atoms with Gasteiger partial charge in [0, 0.05) is 24.5 Å². The van der Waals surface area contributed by atoms with Crippen LogP contribution >= 0.6 is 0 Å². The topological polar surface area (TPSA) is 86.5 Å². The van der Waals surface area contributed by atoms with E-state index in [1.165, 1.54) is 26.4 Å². The largest absolute Gasteiger partial charge is 0.497 e. The van der Waals surface area contributed by atoms with Gasteiger partial charge in [-0.05, 0) is 24.3 Å². The Kier molecular flexibility index (Phi) is 6.24. The highest BCUT2D eigenvalue weighted by atomic mass is 19.4. The Bertz CT molecular complexity index is 1030. The van der Waals surface area contributed by atoms with Crippen LogP contribution in [0.5, 0.6) is 11.5 Å². The summed E-state index contributed by atoms with van der Waals surface area (Å²) in [5.41, 5.74) is -0.162. The standard InChI is InChI=1S/C20H18F3N3O4/c1-28-14-6-7-15(16(11-14)29-2)24-17(27)8-9-18-25-19(26-30-18)12-4-3-5-13(10-12)20(21,22)23/h3-7,10-11H,8-9H2,1-2H3,(H,24,27). The van der Waals surface area contributed by atoms with Crippen LogP contribution in [0.25, 0.3) is 11.4 Å². The molecule has 0 aliphatic rings. The second kappa shape index (κ2) is 8.85. The smallest absolute Gasteiger partial charge is 0.416 e. The van der Waals surface area contributed by atoms with Crippen LogP contribution in [-0.4, -0.2) is 30.3 Å². The second-order valence-corrected chi connectivity index (χ2v) is 6.20. The molecule has 1 amide bonds. The summed E-state index contributed by atoms with van der Waals surface area (Å²) in [6.07, 6.45) is -4.32. The van der Waals surface area contributed by atoms with Crippen molar-refractivity contribution >= 4 is 11.6 Å². The molecular formula is C20H18F3N3O4. The molecule has 158 valence electrons. The number of methoxy groups -OCH3 is 2. The first kappa shape index (κ1) is 21.2. The van der Waals surface area contributed by atoms with Crippen LogP contribution in [0.1, 0.15) is 17.9 Å². The Balaban J connectivity index is 1.63. The van der Waals surface area contributed by atoms with Crippen LogP contribution in [0.3, 0.4) is 0 Å². The molecule has 0 radical (unpaired) electrons. The summed E-state index contributed by atoms with van der Waals surface area (Å²) in [6.45, 7) is 0. The van der Waals surface area contributed by atoms with Crippen molar-refractivity contribution in [3.63, 3.8) is 0 Å². The number of anilines is 1. The lowest BCUT2D eigenvalue weighted by molar-refractivity contribution is -0.137. The number of amides is 1. The number of rotatable bonds is 7. The predicted molar refractivity (Wildman–Crippen MR) is 101 cm³/mol. The maximum atomic E-state index is 12.8. The average Bonchev–Trinajstić information content (AvgIpc) is 3.21. The fraction of sp³-hybridized carbons (Fsp3) is 0.250. The highest BCUT2D eigenvalue weighted by Gasteiger charge is 2.30. The molecule has 0 saturated heterocycles. The molecule has 0 spiro atoms. The first-order valence-corrected chi connectivity index (χ1v) is 8.82. The first-order chi connectivity index (χ1) is 14.3. The SMILES string of the molecule is COc1ccc(NC(=O)CCc2nc(-c3cccc(C(F)(F)F)c3)no2)c(OC)c1. The molecule has 7 nitrogen and oxygen atoms in total. The molecule has 3 rings (SSSR count). The van der Waals surface area contributed by atoms with Crippen molar-refractivity contribution in [1.82, 2.24) is 10.1 Å². The van der Waals surface area contributed by atoms with E-state index in [9.17, 15) is 18.0 Å². The number of nitrogens with zero attached hydrogens (tertiary/aromatic N) is 2. The third-order valence-electron chi connectivity index (χ3n) is 4.16. The van der Waals surface area contributed by atoms with Gasteiger partial charge in [0.25, 0.3) is 0 Å². The number of alkyl halides is 3. The van der Waals surface area contributed by atoms with E-state index in [2.05, 4.69) is 15.5 Å². The molecule has 1 aromatic heterocycles. The second-order valence-electron chi connectivity index (χ2n) is 6.20. The van der Waals surface area contributed by atoms with Crippen LogP contribution in [0, 0.1) is 0 Å². The molecule has 0 aliphatic heterocycles. The molecule has 2 aromatic carbocycles. The van der Waals surface area contributed by atoms with Gasteiger partial charge in [0.1, 0.15) is 11.5 Å². The van der Waals surface area contributed by atoms with E-state index in [0.29, 0.717) is 17.2 Å². The van der Waals surface area contributed by atoms with E-state index in [4.69, 9.17) is 14.0 Å². The number of hydrogen-bond acceptors (Lipinski definition) is 6. The Hall–Kier alpha value is -3.56. The third-order valence-corrected chi connectivity index (χ3v) is 4.16. The number of benzene rings is 2. The lowest BCUT2D eigenvalue weighted by Crippen LogP contribution is -2.13. The molecule has 3 aromatic rings. The van der Waals surface area contributed by atoms with Crippen LogP contribution < -0.4 is 14.8 Å². The van der Waals surface area contributed by atoms with Crippen LogP contribution in [0.2, 0.25) is 0 Å². The van der Waals surface area contributed by atoms with E-state index in [1.54, 1.807) is 18.2 Å². The minimum atomic E-state index is -4.47. The maximum absolute atomic E-state index is 12.8. The monoisotopic (exact) mass is 421 g/mol. The van der Waals surface area contributed by atoms with Crippen molar-refractivity contribution < 1.29 is 32.0 Å². The molecule has 1 heterocycles. The molecular weight excluding hydrogens is 403 g/mol. The van der Waals surface area contributed by atoms with Gasteiger partial charge in [-0.2, -0.15) is 18.2 Å². The number of hydrogen-bond donors (Lipinski definition) is 1. The van der Waals surface area contributed by atoms with E-state index < -0.39 is 11.7 Å². The number of halogens is 3. The van der Waals surface area contributed by atoms with Crippen molar-refractivity contribution in [2.24, 2.45) is 0 Å². The summed E-state index contributed by atoms with van der Waals surface area (Å²) in [5, 5.41) is 6.41. The van der Waals surface area contributed by atoms with Gasteiger partial charge in [0.05, 0.1) is 25.5 Å². The van der Waals surface area contributed by atoms with E-state index in [1.807, 2.05) is 0 Å². The number of aromatic nitrogens is 2. The molecule has 0 aliphatic carbocycles. The van der Waals surface area contributed by atoms with Crippen molar-refractivity contribution in [3.8, 4) is 22.9 Å². The first-order valence-electron chi connectivity index (χ1n) is 8.82. The number of carbonyl (C=O) groups excluding carboxylic acids is 1. The summed E-state index contributed by atoms with van der Waals surface area (Å²) < 4.78 is 53.9. The van der Waals surface area contributed by atoms with Crippen molar-refractivity contribution in [3.05, 3.63) is 53.9 Å². The Morgan fingerprint density at radius 2 is 1.93 bits per heavy atom. The highest BCUT2D eigenvalue weighted by Crippen LogP contribution is 2.32. The van der Waals surface area contributed by atoms with Gasteiger partial charge < -0.3 is 19.3 Å². The van der Waals surface area contributed by atoms with Gasteiger partial charge in [-0.25, -0.2) is 0 Å². The fourth-order valence-electron chi connectivity index (χ4n) is 2.64. The fourth-order valence-corrected chi connectivity index (χ4v) is 2.64. The molecule has 0 unspecified atom stereocenters. The molecule has 10 heteroatoms. The summed E-state index contributed by atoms with van der Waals surface area (Å²) in [6, 6.07) is 9.58. The molecule has 0 fully saturated rings. The zero-order valence-electron chi connectivity index (χ0n) is 16.1. The third kappa shape index (κ3) is 5.07. The lowest BCUT2D eigenvalue weighted by Gasteiger charge is -2.11. The average molecular weight is 421 g/mol. The van der Waals surface area contributed by atoms with Crippen LogP contribution in [-0.2, 0) is 17.4 Å². The minimum Gasteiger partial charge on any atom is -0.497 e. The highest BCUT2D eigenvalue weighted by molar-refractivity contribution is 5.92. The number of nitrogens with one attached hydrogen (secondary N) is 1. The van der Waals surface area contributed by atoms with E-state index in [0.717, 1.165) is 12.1 Å². The molecule has 30 heavy (non-hydrogen) atoms. The van der Waals surface area contributed by atoms with Gasteiger partial charge in [-0.1, -0.05) is 17.3 Å². The Morgan fingerprint density at radius 1 is 1.13 bits per heavy atom. The zero-order chi connectivity index (χ0) is 21.7. The predicted octanol–water partition coefficient (Wildman–Crippen LogP) is 4.34. The molecule has 0 bridgehead atoms. The Morgan fingerprint density at radius 3 is 2.63 bits per heavy atom. The normalized spacial score (nSPS) is 11.2. The van der Waals surface area contributed by atoms with Crippen molar-refractivity contribution in [2.75, 3.05) is 19.5 Å². The zero-order valence-corrected chi connectivity index (χ0v) is 16.1. The van der Waals surface area contributed by atoms with Gasteiger partial charge >= 0.3 is 6.18 Å². The van der Waals surface area contributed by atoms with Crippen LogP contribution in [0.15, 0.2) is 47.0 Å². The van der Waals surface area contributed by atoms with Gasteiger partial charge in [0.2, 0.25) is 17.6 Å². The van der Waals surface area contributed by atoms with Crippen molar-refractivity contribution in [1.29, 1.82) is 0 Å². The Labute approximate surface area is 169 Å². The number of carbonyl (C=O) groups is 1. The molecule has 0 atom stereocenters. The quantitative estimate of drug-likeness (QED) is 0.611. The van der Waals surface area contributed by atoms with Gasteiger partial charge in [0.15, 0.2) is 0 Å². The van der Waals surface area contributed by atoms with E-state index >= 15 is 0 Å². The summed E-state index contributed by atoms with van der Waals surface area (Å²) >= 11 is 0. The summed E-state index contributed by atoms with van der Waals surface area (Å²) in [5.74, 6) is 0.857. The maximum Gasteiger partial charge on any atom is 0.416 e. The van der Waals surface area contributed by atoms with E-state index in [-0.39, 0.29) is 36.0 Å². The van der Waals surface area contributed by atoms with Crippen molar-refractivity contribution in [2.45, 2.75) is 19.0 Å². The molecule has 0 saturated carbocycles. The minimum absolute atomic E-state index is 0.0216. The summed E-state index contributed by atoms with van der Waals surface area (Å²) in [7, 11) is 2.99. The lowest BCUT2D eigenvalue weighted by atomic mass is 10.1. The van der Waals surface area contributed by atoms with Gasteiger partial charge in [-0.15, -0.1) is 0 Å². The van der Waals surface area contributed by atoms with Crippen LogP contribution in [0.4, 0.5) is 18.9 Å². The van der Waals surface area contributed by atoms with Gasteiger partial charge in [-0.3, -0.25) is 4.79 Å². The number of aryl methyl sites for hydroxylation is 1. The number of ether oxygens (including phenoxy) is 2.